The predicted octanol–water partition coefficient (Wildman–Crippen LogP) is 3.47. The standard InChI is InChI=1S/C16H21Cl2N3OS/c1-20(2)6-7-21(8-9-22)10-12-11-23-16(19-12)15-13(17)4-3-5-14(15)18/h3-5,11,22H,6-10H2,1-2H3. The van der Waals surface area contributed by atoms with Crippen molar-refractivity contribution in [2.75, 3.05) is 40.3 Å². The normalized spacial score (nSPS) is 11.6. The minimum Gasteiger partial charge on any atom is -0.395 e. The highest BCUT2D eigenvalue weighted by Crippen LogP contribution is 2.36. The van der Waals surface area contributed by atoms with E-state index in [1.807, 2.05) is 37.7 Å². The van der Waals surface area contributed by atoms with Crippen LogP contribution in [0.3, 0.4) is 0 Å². The number of hydrogen-bond donors (Lipinski definition) is 1. The van der Waals surface area contributed by atoms with E-state index in [0.717, 1.165) is 29.4 Å². The first-order chi connectivity index (χ1) is 11.0. The summed E-state index contributed by atoms with van der Waals surface area (Å²) in [5.41, 5.74) is 1.75. The molecule has 0 amide bonds. The first-order valence-corrected chi connectivity index (χ1v) is 9.01. The van der Waals surface area contributed by atoms with E-state index in [0.29, 0.717) is 23.1 Å². The SMILES string of the molecule is CN(C)CCN(CCO)Cc1csc(-c2c(Cl)cccc2Cl)n1. The van der Waals surface area contributed by atoms with Crippen molar-refractivity contribution in [2.45, 2.75) is 6.54 Å². The van der Waals surface area contributed by atoms with E-state index < -0.39 is 0 Å². The van der Waals surface area contributed by atoms with Gasteiger partial charge in [0, 0.05) is 37.1 Å². The van der Waals surface area contributed by atoms with E-state index in [-0.39, 0.29) is 6.61 Å². The highest BCUT2D eigenvalue weighted by Gasteiger charge is 2.14. The van der Waals surface area contributed by atoms with Gasteiger partial charge in [0.1, 0.15) is 5.01 Å². The van der Waals surface area contributed by atoms with Gasteiger partial charge in [-0.3, -0.25) is 4.90 Å². The molecule has 1 aromatic heterocycles. The molecule has 1 aromatic carbocycles. The number of likely N-dealkylation sites (N-methyl/N-ethyl adjacent to an activating group) is 1. The van der Waals surface area contributed by atoms with Crippen molar-refractivity contribution >= 4 is 34.5 Å². The van der Waals surface area contributed by atoms with Gasteiger partial charge in [0.25, 0.3) is 0 Å². The van der Waals surface area contributed by atoms with Gasteiger partial charge in [0.05, 0.1) is 22.3 Å². The first-order valence-electron chi connectivity index (χ1n) is 7.38. The maximum Gasteiger partial charge on any atom is 0.126 e. The van der Waals surface area contributed by atoms with Crippen molar-refractivity contribution in [3.05, 3.63) is 39.3 Å². The zero-order chi connectivity index (χ0) is 16.8. The Hall–Kier alpha value is -0.690. The van der Waals surface area contributed by atoms with Gasteiger partial charge in [-0.05, 0) is 26.2 Å². The van der Waals surface area contributed by atoms with Gasteiger partial charge in [-0.25, -0.2) is 4.98 Å². The average molecular weight is 374 g/mol. The van der Waals surface area contributed by atoms with Gasteiger partial charge < -0.3 is 10.0 Å². The maximum absolute atomic E-state index is 9.23. The molecule has 0 aliphatic carbocycles. The smallest absolute Gasteiger partial charge is 0.126 e. The highest BCUT2D eigenvalue weighted by molar-refractivity contribution is 7.13. The summed E-state index contributed by atoms with van der Waals surface area (Å²) in [4.78, 5) is 8.98. The highest BCUT2D eigenvalue weighted by atomic mass is 35.5. The molecule has 7 heteroatoms. The molecule has 0 aliphatic heterocycles. The van der Waals surface area contributed by atoms with Gasteiger partial charge in [-0.1, -0.05) is 29.3 Å². The lowest BCUT2D eigenvalue weighted by molar-refractivity contribution is 0.177. The molecule has 0 aliphatic rings. The Morgan fingerprint density at radius 3 is 2.43 bits per heavy atom. The van der Waals surface area contributed by atoms with Gasteiger partial charge in [0.2, 0.25) is 0 Å². The number of halogens is 2. The summed E-state index contributed by atoms with van der Waals surface area (Å²) in [6.07, 6.45) is 0. The molecule has 1 N–H and O–H groups in total. The minimum atomic E-state index is 0.140. The van der Waals surface area contributed by atoms with Gasteiger partial charge in [0.15, 0.2) is 0 Å². The van der Waals surface area contributed by atoms with Crippen LogP contribution in [0.25, 0.3) is 10.6 Å². The molecular formula is C16H21Cl2N3OS. The second-order valence-corrected chi connectivity index (χ2v) is 7.22. The second-order valence-electron chi connectivity index (χ2n) is 5.54. The van der Waals surface area contributed by atoms with Crippen molar-refractivity contribution in [2.24, 2.45) is 0 Å². The Morgan fingerprint density at radius 1 is 1.13 bits per heavy atom. The molecule has 0 saturated heterocycles. The average Bonchev–Trinajstić information content (AvgIpc) is 2.93. The molecule has 2 aromatic rings. The molecule has 0 unspecified atom stereocenters. The fraction of sp³-hybridized carbons (Fsp3) is 0.438. The van der Waals surface area contributed by atoms with Crippen LogP contribution in [0.15, 0.2) is 23.6 Å². The lowest BCUT2D eigenvalue weighted by Crippen LogP contribution is -2.33. The molecule has 0 spiro atoms. The summed E-state index contributed by atoms with van der Waals surface area (Å²) in [6, 6.07) is 5.46. The van der Waals surface area contributed by atoms with Crippen molar-refractivity contribution < 1.29 is 5.11 Å². The summed E-state index contributed by atoms with van der Waals surface area (Å²) in [7, 11) is 4.08. The van der Waals surface area contributed by atoms with Gasteiger partial charge >= 0.3 is 0 Å². The monoisotopic (exact) mass is 373 g/mol. The molecule has 0 fully saturated rings. The zero-order valence-electron chi connectivity index (χ0n) is 13.3. The largest absolute Gasteiger partial charge is 0.395 e. The summed E-state index contributed by atoms with van der Waals surface area (Å²) in [5.74, 6) is 0. The van der Waals surface area contributed by atoms with Crippen LogP contribution in [0.2, 0.25) is 10.0 Å². The predicted molar refractivity (Wildman–Crippen MR) is 98.5 cm³/mol. The van der Waals surface area contributed by atoms with Crippen LogP contribution in [0.5, 0.6) is 0 Å². The lowest BCUT2D eigenvalue weighted by Gasteiger charge is -2.22. The Balaban J connectivity index is 2.11. The molecule has 2 rings (SSSR count). The molecule has 1 heterocycles. The summed E-state index contributed by atoms with van der Waals surface area (Å²) < 4.78 is 0. The third kappa shape index (κ3) is 5.41. The van der Waals surface area contributed by atoms with Crippen LogP contribution in [-0.2, 0) is 6.54 Å². The molecule has 23 heavy (non-hydrogen) atoms. The Labute approximate surface area is 151 Å². The van der Waals surface area contributed by atoms with E-state index in [9.17, 15) is 5.11 Å². The molecule has 4 nitrogen and oxygen atoms in total. The fourth-order valence-electron chi connectivity index (χ4n) is 2.18. The number of hydrogen-bond acceptors (Lipinski definition) is 5. The number of aliphatic hydroxyl groups is 1. The number of nitrogens with zero attached hydrogens (tertiary/aromatic N) is 3. The third-order valence-corrected chi connectivity index (χ3v) is 4.93. The Kier molecular flexibility index (Phi) is 7.27. The summed E-state index contributed by atoms with van der Waals surface area (Å²) in [6.45, 7) is 3.29. The maximum atomic E-state index is 9.23. The fourth-order valence-corrected chi connectivity index (χ4v) is 3.75. The van der Waals surface area contributed by atoms with E-state index in [2.05, 4.69) is 14.8 Å². The first kappa shape index (κ1) is 18.6. The second kappa shape index (κ2) is 8.97. The minimum absolute atomic E-state index is 0.140. The van der Waals surface area contributed by atoms with E-state index in [4.69, 9.17) is 23.2 Å². The van der Waals surface area contributed by atoms with Crippen LogP contribution >= 0.6 is 34.5 Å². The van der Waals surface area contributed by atoms with E-state index in [1.54, 1.807) is 0 Å². The summed E-state index contributed by atoms with van der Waals surface area (Å²) >= 11 is 14.0. The quantitative estimate of drug-likeness (QED) is 0.768. The van der Waals surface area contributed by atoms with Crippen molar-refractivity contribution in [3.8, 4) is 10.6 Å². The van der Waals surface area contributed by atoms with E-state index in [1.165, 1.54) is 11.3 Å². The molecule has 0 radical (unpaired) electrons. The van der Waals surface area contributed by atoms with E-state index >= 15 is 0 Å². The zero-order valence-corrected chi connectivity index (χ0v) is 15.6. The van der Waals surface area contributed by atoms with Crippen LogP contribution in [0.1, 0.15) is 5.69 Å². The number of thiazole rings is 1. The molecule has 0 saturated carbocycles. The molecule has 0 atom stereocenters. The number of rotatable bonds is 8. The lowest BCUT2D eigenvalue weighted by atomic mass is 10.2. The number of benzene rings is 1. The van der Waals surface area contributed by atoms with Crippen molar-refractivity contribution in [1.82, 2.24) is 14.8 Å². The Morgan fingerprint density at radius 2 is 1.83 bits per heavy atom. The van der Waals surface area contributed by atoms with Crippen LogP contribution in [0.4, 0.5) is 0 Å². The van der Waals surface area contributed by atoms with Crippen molar-refractivity contribution in [1.29, 1.82) is 0 Å². The third-order valence-electron chi connectivity index (χ3n) is 3.39. The van der Waals surface area contributed by atoms with Crippen molar-refractivity contribution in [3.63, 3.8) is 0 Å². The van der Waals surface area contributed by atoms with Crippen LogP contribution < -0.4 is 0 Å². The van der Waals surface area contributed by atoms with Gasteiger partial charge in [-0.2, -0.15) is 0 Å². The molecular weight excluding hydrogens is 353 g/mol. The van der Waals surface area contributed by atoms with Gasteiger partial charge in [-0.15, -0.1) is 11.3 Å². The molecule has 0 bridgehead atoms. The number of aromatic nitrogens is 1. The van der Waals surface area contributed by atoms with Crippen LogP contribution in [-0.4, -0.2) is 60.2 Å². The topological polar surface area (TPSA) is 39.6 Å². The summed E-state index contributed by atoms with van der Waals surface area (Å²) in [5, 5.41) is 13.3. The molecule has 126 valence electrons. The Bertz CT molecular complexity index is 613. The van der Waals surface area contributed by atoms with Crippen LogP contribution in [0, 0.1) is 0 Å². The number of aliphatic hydroxyl groups excluding tert-OH is 1.